The first-order chi connectivity index (χ1) is 18.9. The molecule has 0 spiro atoms. The Bertz CT molecular complexity index is 1360. The van der Waals surface area contributed by atoms with E-state index in [9.17, 15) is 18.7 Å². The van der Waals surface area contributed by atoms with Crippen LogP contribution in [0.2, 0.25) is 0 Å². The minimum atomic E-state index is -1.00. The van der Waals surface area contributed by atoms with Crippen LogP contribution in [-0.4, -0.2) is 39.3 Å². The Balaban J connectivity index is 1.62. The predicted molar refractivity (Wildman–Crippen MR) is 154 cm³/mol. The van der Waals surface area contributed by atoms with Gasteiger partial charge in [0.25, 0.3) is 0 Å². The Morgan fingerprint density at radius 3 is 2.50 bits per heavy atom. The number of amides is 1. The molecular weight excluding hydrogens is 510 g/mol. The van der Waals surface area contributed by atoms with Crippen molar-refractivity contribution in [3.8, 4) is 0 Å². The molecule has 0 fully saturated rings. The molecule has 8 heteroatoms. The minimum Gasteiger partial charge on any atom is -0.390 e. The highest BCUT2D eigenvalue weighted by Gasteiger charge is 2.28. The summed E-state index contributed by atoms with van der Waals surface area (Å²) < 4.78 is 29.6. The van der Waals surface area contributed by atoms with Crippen LogP contribution >= 0.6 is 0 Å². The summed E-state index contributed by atoms with van der Waals surface area (Å²) in [5.74, 6) is -1.72. The second-order valence-electron chi connectivity index (χ2n) is 12.1. The number of benzene rings is 2. The number of carbonyl (C=O) groups is 1. The average Bonchev–Trinajstić information content (AvgIpc) is 3.25. The van der Waals surface area contributed by atoms with Crippen molar-refractivity contribution < 1.29 is 18.7 Å². The standard InChI is InChI=1S/C32H40F2N4O2/c1-20(39)37-29(13-22-10-25(33)15-26(34)11-22)30(40)18-36-31-24(14-27-17-35-19-38(27)5)9-8-23-7-6-21(12-28(23)31)16-32(2,3)4/h6-7,10-12,14-15,17,19,29-31,36,40H,8-9,13,16,18H2,1-5H3,(H,37,39)/b24-14-. The fourth-order valence-corrected chi connectivity index (χ4v) is 5.49. The van der Waals surface area contributed by atoms with Crippen molar-refractivity contribution in [3.05, 3.63) is 94.1 Å². The van der Waals surface area contributed by atoms with Gasteiger partial charge < -0.3 is 20.3 Å². The second kappa shape index (κ2) is 12.4. The summed E-state index contributed by atoms with van der Waals surface area (Å²) in [6.45, 7) is 8.19. The summed E-state index contributed by atoms with van der Waals surface area (Å²) in [4.78, 5) is 16.2. The number of aromatic nitrogens is 2. The van der Waals surface area contributed by atoms with E-state index in [0.29, 0.717) is 5.56 Å². The normalized spacial score (nSPS) is 17.9. The Hall–Kier alpha value is -3.36. The highest BCUT2D eigenvalue weighted by atomic mass is 19.1. The van der Waals surface area contributed by atoms with Crippen molar-refractivity contribution in [3.63, 3.8) is 0 Å². The number of imidazole rings is 1. The number of hydrogen-bond acceptors (Lipinski definition) is 4. The van der Waals surface area contributed by atoms with Gasteiger partial charge in [-0.3, -0.25) is 4.79 Å². The molecule has 3 aromatic rings. The molecule has 4 rings (SSSR count). The largest absolute Gasteiger partial charge is 0.390 e. The van der Waals surface area contributed by atoms with Gasteiger partial charge in [0.1, 0.15) is 11.6 Å². The van der Waals surface area contributed by atoms with Gasteiger partial charge in [-0.15, -0.1) is 0 Å². The monoisotopic (exact) mass is 550 g/mol. The molecule has 1 heterocycles. The molecule has 3 N–H and O–H groups in total. The molecule has 1 aliphatic carbocycles. The number of halogens is 2. The lowest BCUT2D eigenvalue weighted by molar-refractivity contribution is -0.120. The van der Waals surface area contributed by atoms with Gasteiger partial charge in [0.2, 0.25) is 5.91 Å². The molecule has 214 valence electrons. The van der Waals surface area contributed by atoms with Crippen LogP contribution in [0, 0.1) is 17.0 Å². The van der Waals surface area contributed by atoms with Gasteiger partial charge in [0.15, 0.2) is 0 Å². The third-order valence-corrected chi connectivity index (χ3v) is 7.26. The fourth-order valence-electron chi connectivity index (χ4n) is 5.49. The zero-order valence-electron chi connectivity index (χ0n) is 24.0. The van der Waals surface area contributed by atoms with Gasteiger partial charge in [0, 0.05) is 26.6 Å². The first-order valence-electron chi connectivity index (χ1n) is 13.8. The quantitative estimate of drug-likeness (QED) is 0.348. The number of fused-ring (bicyclic) bond motifs is 1. The van der Waals surface area contributed by atoms with E-state index in [1.807, 2.05) is 17.8 Å². The van der Waals surface area contributed by atoms with Crippen molar-refractivity contribution in [2.75, 3.05) is 6.54 Å². The zero-order chi connectivity index (χ0) is 29.0. The molecule has 1 aliphatic rings. The van der Waals surface area contributed by atoms with E-state index in [-0.39, 0.29) is 30.3 Å². The molecule has 0 bridgehead atoms. The van der Waals surface area contributed by atoms with Crippen LogP contribution in [0.4, 0.5) is 8.78 Å². The van der Waals surface area contributed by atoms with Crippen LogP contribution in [0.15, 0.2) is 54.5 Å². The number of aliphatic hydroxyl groups is 1. The van der Waals surface area contributed by atoms with Crippen molar-refractivity contribution in [2.45, 2.75) is 71.6 Å². The first-order valence-corrected chi connectivity index (χ1v) is 13.8. The number of nitrogens with zero attached hydrogens (tertiary/aromatic N) is 2. The number of aryl methyl sites for hydroxylation is 2. The molecule has 3 atom stereocenters. The van der Waals surface area contributed by atoms with Crippen LogP contribution in [0.1, 0.15) is 68.1 Å². The van der Waals surface area contributed by atoms with Gasteiger partial charge in [-0.2, -0.15) is 0 Å². The first kappa shape index (κ1) is 29.6. The average molecular weight is 551 g/mol. The number of carbonyl (C=O) groups excluding carboxylic acids is 1. The number of hydrogen-bond donors (Lipinski definition) is 3. The maximum absolute atomic E-state index is 13.8. The topological polar surface area (TPSA) is 79.2 Å². The van der Waals surface area contributed by atoms with Crippen LogP contribution in [-0.2, 0) is 31.1 Å². The number of rotatable bonds is 9. The molecule has 1 amide bonds. The zero-order valence-corrected chi connectivity index (χ0v) is 24.0. The van der Waals surface area contributed by atoms with Crippen molar-refractivity contribution >= 4 is 12.0 Å². The van der Waals surface area contributed by atoms with E-state index in [4.69, 9.17) is 0 Å². The molecule has 2 aromatic carbocycles. The summed E-state index contributed by atoms with van der Waals surface area (Å²) in [5.41, 5.74) is 6.36. The van der Waals surface area contributed by atoms with Crippen molar-refractivity contribution in [2.24, 2.45) is 12.5 Å². The summed E-state index contributed by atoms with van der Waals surface area (Å²) in [7, 11) is 1.96. The van der Waals surface area contributed by atoms with Crippen LogP contribution in [0.5, 0.6) is 0 Å². The van der Waals surface area contributed by atoms with E-state index < -0.39 is 23.8 Å². The van der Waals surface area contributed by atoms with Gasteiger partial charge in [0.05, 0.1) is 36.4 Å². The summed E-state index contributed by atoms with van der Waals surface area (Å²) in [6, 6.07) is 9.05. The smallest absolute Gasteiger partial charge is 0.217 e. The summed E-state index contributed by atoms with van der Waals surface area (Å²) in [6.07, 6.45) is 7.53. The van der Waals surface area contributed by atoms with Crippen molar-refractivity contribution in [1.82, 2.24) is 20.2 Å². The van der Waals surface area contributed by atoms with E-state index in [1.54, 1.807) is 6.33 Å². The number of aliphatic hydroxyl groups excluding tert-OH is 1. The maximum Gasteiger partial charge on any atom is 0.217 e. The molecule has 0 aliphatic heterocycles. The highest BCUT2D eigenvalue weighted by molar-refractivity contribution is 5.73. The van der Waals surface area contributed by atoms with Crippen LogP contribution in [0.3, 0.4) is 0 Å². The molecule has 0 radical (unpaired) electrons. The lowest BCUT2D eigenvalue weighted by atomic mass is 9.80. The summed E-state index contributed by atoms with van der Waals surface area (Å²) in [5, 5.41) is 17.6. The van der Waals surface area contributed by atoms with E-state index in [0.717, 1.165) is 31.0 Å². The summed E-state index contributed by atoms with van der Waals surface area (Å²) >= 11 is 0. The van der Waals surface area contributed by atoms with E-state index >= 15 is 0 Å². The maximum atomic E-state index is 13.8. The molecule has 0 saturated heterocycles. The van der Waals surface area contributed by atoms with E-state index in [1.165, 1.54) is 41.3 Å². The third-order valence-electron chi connectivity index (χ3n) is 7.26. The Morgan fingerprint density at radius 1 is 1.15 bits per heavy atom. The Morgan fingerprint density at radius 2 is 1.88 bits per heavy atom. The molecule has 1 aromatic heterocycles. The molecule has 6 nitrogen and oxygen atoms in total. The second-order valence-corrected chi connectivity index (χ2v) is 12.1. The van der Waals surface area contributed by atoms with Gasteiger partial charge >= 0.3 is 0 Å². The van der Waals surface area contributed by atoms with Crippen LogP contribution < -0.4 is 10.6 Å². The third kappa shape index (κ3) is 7.86. The lowest BCUT2D eigenvalue weighted by Crippen LogP contribution is -2.49. The number of nitrogens with one attached hydrogen (secondary N) is 2. The van der Waals surface area contributed by atoms with Crippen LogP contribution in [0.25, 0.3) is 6.08 Å². The molecule has 0 saturated carbocycles. The molecule has 40 heavy (non-hydrogen) atoms. The minimum absolute atomic E-state index is 0.0891. The van der Waals surface area contributed by atoms with E-state index in [2.05, 4.69) is 60.7 Å². The Kier molecular flexibility index (Phi) is 9.21. The molecular formula is C32H40F2N4O2. The van der Waals surface area contributed by atoms with Gasteiger partial charge in [-0.25, -0.2) is 13.8 Å². The lowest BCUT2D eigenvalue weighted by Gasteiger charge is -2.33. The molecule has 3 unspecified atom stereocenters. The highest BCUT2D eigenvalue weighted by Crippen LogP contribution is 2.37. The SMILES string of the molecule is CC(=O)NC(Cc1cc(F)cc(F)c1)C(O)CNC1/C(=C\c2cncn2C)CCc2ccc(CC(C)(C)C)cc21. The van der Waals surface area contributed by atoms with Crippen molar-refractivity contribution in [1.29, 1.82) is 0 Å². The predicted octanol–water partition coefficient (Wildman–Crippen LogP) is 5.06. The fraction of sp³-hybridized carbons (Fsp3) is 0.438. The van der Waals surface area contributed by atoms with Gasteiger partial charge in [-0.1, -0.05) is 39.0 Å². The Labute approximate surface area is 235 Å². The van der Waals surface area contributed by atoms with Gasteiger partial charge in [-0.05, 0) is 77.1 Å².